The zero-order valence-electron chi connectivity index (χ0n) is 13.6. The molecule has 2 aromatic heterocycles. The third kappa shape index (κ3) is 4.35. The van der Waals surface area contributed by atoms with E-state index in [0.717, 1.165) is 11.3 Å². The Hall–Kier alpha value is -2.44. The molecule has 0 saturated heterocycles. The number of thiophene rings is 1. The topological polar surface area (TPSA) is 140 Å². The number of methoxy groups -OCH3 is 2. The largest absolute Gasteiger partial charge is 0.481 e. The van der Waals surface area contributed by atoms with E-state index in [0.29, 0.717) is 5.56 Å². The fourth-order valence-corrected chi connectivity index (χ4v) is 4.44. The van der Waals surface area contributed by atoms with E-state index >= 15 is 0 Å². The molecular formula is C13H16N4O6S2. The number of anilines is 1. The Kier molecular flexibility index (Phi) is 5.77. The Morgan fingerprint density at radius 1 is 1.28 bits per heavy atom. The molecule has 0 radical (unpaired) electrons. The smallest absolute Gasteiger partial charge is 0.347 e. The van der Waals surface area contributed by atoms with Crippen molar-refractivity contribution in [2.24, 2.45) is 0 Å². The minimum atomic E-state index is -4.03. The number of aryl methyl sites for hydroxylation is 1. The summed E-state index contributed by atoms with van der Waals surface area (Å²) < 4.78 is 37.0. The summed E-state index contributed by atoms with van der Waals surface area (Å²) in [5.41, 5.74) is 0.356. The summed E-state index contributed by atoms with van der Waals surface area (Å²) in [7, 11) is -1.19. The number of aromatic nitrogens is 2. The van der Waals surface area contributed by atoms with Crippen LogP contribution in [0.25, 0.3) is 0 Å². The van der Waals surface area contributed by atoms with Crippen molar-refractivity contribution in [3.63, 3.8) is 0 Å². The van der Waals surface area contributed by atoms with E-state index in [-0.39, 0.29) is 34.1 Å². The molecule has 0 aromatic carbocycles. The lowest BCUT2D eigenvalue weighted by Gasteiger charge is -2.10. The van der Waals surface area contributed by atoms with Gasteiger partial charge in [0.25, 0.3) is 0 Å². The molecule has 0 unspecified atom stereocenters. The fourth-order valence-electron chi connectivity index (χ4n) is 1.89. The van der Waals surface area contributed by atoms with Gasteiger partial charge < -0.3 is 19.9 Å². The number of sulfonamides is 1. The number of nitrogens with zero attached hydrogens (tertiary/aromatic N) is 2. The van der Waals surface area contributed by atoms with Gasteiger partial charge in [0.05, 0.1) is 27.0 Å². The highest BCUT2D eigenvalue weighted by Crippen LogP contribution is 2.26. The van der Waals surface area contributed by atoms with Gasteiger partial charge in [-0.3, -0.25) is 0 Å². The van der Waals surface area contributed by atoms with E-state index in [2.05, 4.69) is 20.0 Å². The molecule has 10 nitrogen and oxygen atoms in total. The average Bonchev–Trinajstić information content (AvgIpc) is 2.97. The van der Waals surface area contributed by atoms with Crippen LogP contribution >= 0.6 is 11.3 Å². The van der Waals surface area contributed by atoms with Gasteiger partial charge in [-0.1, -0.05) is 0 Å². The first kappa shape index (κ1) is 18.9. The minimum Gasteiger partial charge on any atom is -0.481 e. The van der Waals surface area contributed by atoms with Crippen LogP contribution in [0, 0.1) is 6.92 Å². The third-order valence-electron chi connectivity index (χ3n) is 2.99. The molecule has 0 aliphatic carbocycles. The first-order valence-electron chi connectivity index (χ1n) is 6.80. The number of hydrogen-bond donors (Lipinski definition) is 3. The van der Waals surface area contributed by atoms with Crippen LogP contribution in [0.5, 0.6) is 11.8 Å². The van der Waals surface area contributed by atoms with E-state index in [9.17, 15) is 13.2 Å². The number of carboxylic acids is 1. The number of hydrogen-bond acceptors (Lipinski definition) is 9. The van der Waals surface area contributed by atoms with Gasteiger partial charge in [0.15, 0.2) is 0 Å². The van der Waals surface area contributed by atoms with Crippen molar-refractivity contribution in [3.05, 3.63) is 21.9 Å². The molecule has 2 aromatic rings. The molecule has 25 heavy (non-hydrogen) atoms. The number of carbonyl (C=O) groups is 1. The zero-order valence-corrected chi connectivity index (χ0v) is 15.2. The Bertz CT molecular complexity index is 858. The standard InChI is InChI=1S/C13H16N4O6S2/c1-7-5-24-10(12(18)19)11(7)25(20,21)15-6-14-13-16-8(22-2)4-9(17-13)23-3/h4-5,15H,6H2,1-3H3,(H,18,19)(H,14,16,17). The lowest BCUT2D eigenvalue weighted by molar-refractivity contribution is 0.0698. The molecule has 12 heteroatoms. The summed E-state index contributed by atoms with van der Waals surface area (Å²) in [6, 6.07) is 1.46. The molecule has 2 rings (SSSR count). The minimum absolute atomic E-state index is 0.0828. The van der Waals surface area contributed by atoms with Crippen LogP contribution in [0.15, 0.2) is 16.3 Å². The van der Waals surface area contributed by atoms with Crippen LogP contribution in [-0.2, 0) is 10.0 Å². The maximum Gasteiger partial charge on any atom is 0.347 e. The maximum absolute atomic E-state index is 12.4. The predicted octanol–water partition coefficient (Wildman–Crippen LogP) is 0.910. The van der Waals surface area contributed by atoms with Crippen molar-refractivity contribution in [1.29, 1.82) is 0 Å². The van der Waals surface area contributed by atoms with Gasteiger partial charge in [0.2, 0.25) is 27.7 Å². The van der Waals surface area contributed by atoms with E-state index in [1.165, 1.54) is 32.6 Å². The number of carboxylic acid groups (broad SMARTS) is 1. The first-order chi connectivity index (χ1) is 11.8. The Labute approximate surface area is 147 Å². The molecule has 3 N–H and O–H groups in total. The summed E-state index contributed by atoms with van der Waals surface area (Å²) >= 11 is 0.854. The number of ether oxygens (including phenoxy) is 2. The van der Waals surface area contributed by atoms with E-state index < -0.39 is 16.0 Å². The number of nitrogens with one attached hydrogen (secondary N) is 2. The van der Waals surface area contributed by atoms with Crippen LogP contribution in [-0.4, -0.2) is 50.3 Å². The van der Waals surface area contributed by atoms with Crippen molar-refractivity contribution in [3.8, 4) is 11.8 Å². The second-order valence-corrected chi connectivity index (χ2v) is 7.24. The van der Waals surface area contributed by atoms with Crippen LogP contribution in [0.3, 0.4) is 0 Å². The lowest BCUT2D eigenvalue weighted by atomic mass is 10.3. The van der Waals surface area contributed by atoms with E-state index in [4.69, 9.17) is 14.6 Å². The van der Waals surface area contributed by atoms with E-state index in [1.54, 1.807) is 0 Å². The normalized spacial score (nSPS) is 11.2. The van der Waals surface area contributed by atoms with Gasteiger partial charge in [0.1, 0.15) is 9.77 Å². The fraction of sp³-hybridized carbons (Fsp3) is 0.308. The monoisotopic (exact) mass is 388 g/mol. The Morgan fingerprint density at radius 3 is 2.40 bits per heavy atom. The van der Waals surface area contributed by atoms with Gasteiger partial charge in [0, 0.05) is 0 Å². The lowest BCUT2D eigenvalue weighted by Crippen LogP contribution is -2.30. The Morgan fingerprint density at radius 2 is 1.88 bits per heavy atom. The van der Waals surface area contributed by atoms with Crippen molar-refractivity contribution in [2.75, 3.05) is 26.2 Å². The number of rotatable bonds is 8. The van der Waals surface area contributed by atoms with Crippen LogP contribution in [0.1, 0.15) is 15.2 Å². The van der Waals surface area contributed by atoms with Crippen LogP contribution in [0.4, 0.5) is 5.95 Å². The quantitative estimate of drug-likeness (QED) is 0.563. The molecule has 0 bridgehead atoms. The number of aromatic carboxylic acids is 1. The van der Waals surface area contributed by atoms with Gasteiger partial charge >= 0.3 is 5.97 Å². The van der Waals surface area contributed by atoms with Crippen LogP contribution < -0.4 is 19.5 Å². The zero-order chi connectivity index (χ0) is 18.6. The SMILES string of the molecule is COc1cc(OC)nc(NCNS(=O)(=O)c2c(C)csc2C(=O)O)n1. The summed E-state index contributed by atoms with van der Waals surface area (Å²) in [6.45, 7) is 1.27. The van der Waals surface area contributed by atoms with Gasteiger partial charge in [-0.2, -0.15) is 14.7 Å². The Balaban J connectivity index is 2.14. The third-order valence-corrected chi connectivity index (χ3v) is 5.79. The van der Waals surface area contributed by atoms with Crippen molar-refractivity contribution in [2.45, 2.75) is 11.8 Å². The summed E-state index contributed by atoms with van der Waals surface area (Å²) in [6.07, 6.45) is 0. The van der Waals surface area contributed by atoms with Gasteiger partial charge in [-0.15, -0.1) is 11.3 Å². The second-order valence-electron chi connectivity index (χ2n) is 4.66. The first-order valence-corrected chi connectivity index (χ1v) is 9.16. The summed E-state index contributed by atoms with van der Waals surface area (Å²) in [5, 5.41) is 13.3. The highest BCUT2D eigenvalue weighted by molar-refractivity contribution is 7.89. The molecule has 2 heterocycles. The molecule has 0 spiro atoms. The van der Waals surface area contributed by atoms with Crippen molar-refractivity contribution in [1.82, 2.24) is 14.7 Å². The molecule has 0 aliphatic rings. The maximum atomic E-state index is 12.4. The highest BCUT2D eigenvalue weighted by atomic mass is 32.2. The van der Waals surface area contributed by atoms with E-state index in [1.807, 2.05) is 0 Å². The highest BCUT2D eigenvalue weighted by Gasteiger charge is 2.26. The van der Waals surface area contributed by atoms with Gasteiger partial charge in [-0.25, -0.2) is 13.2 Å². The second kappa shape index (κ2) is 7.63. The van der Waals surface area contributed by atoms with Gasteiger partial charge in [-0.05, 0) is 17.9 Å². The van der Waals surface area contributed by atoms with Crippen molar-refractivity contribution >= 4 is 33.3 Å². The molecule has 0 saturated carbocycles. The molecule has 0 aliphatic heterocycles. The molecule has 0 amide bonds. The average molecular weight is 388 g/mol. The predicted molar refractivity (Wildman–Crippen MR) is 90.0 cm³/mol. The molecule has 0 atom stereocenters. The summed E-state index contributed by atoms with van der Waals surface area (Å²) in [5.74, 6) is -0.746. The molecular weight excluding hydrogens is 372 g/mol. The van der Waals surface area contributed by atoms with Crippen molar-refractivity contribution < 1.29 is 27.8 Å². The molecule has 0 fully saturated rings. The van der Waals surface area contributed by atoms with Crippen LogP contribution in [0.2, 0.25) is 0 Å². The molecule has 136 valence electrons. The summed E-state index contributed by atoms with van der Waals surface area (Å²) in [4.78, 5) is 18.7.